The number of hydrogen-bond donors (Lipinski definition) is 2. The molecule has 2 aliphatic rings. The zero-order valence-electron chi connectivity index (χ0n) is 10.1. The largest absolute Gasteiger partial charge is 0.309 e. The summed E-state index contributed by atoms with van der Waals surface area (Å²) < 4.78 is 0. The molecule has 1 saturated carbocycles. The van der Waals surface area contributed by atoms with Crippen molar-refractivity contribution in [1.29, 1.82) is 0 Å². The third-order valence-electron chi connectivity index (χ3n) is 3.76. The van der Waals surface area contributed by atoms with Crippen molar-refractivity contribution < 1.29 is 0 Å². The lowest BCUT2D eigenvalue weighted by Gasteiger charge is -2.02. The van der Waals surface area contributed by atoms with Crippen LogP contribution in [0.15, 0.2) is 4.79 Å². The van der Waals surface area contributed by atoms with E-state index in [1.54, 1.807) is 11.3 Å². The van der Waals surface area contributed by atoms with Gasteiger partial charge in [-0.3, -0.25) is 4.79 Å². The van der Waals surface area contributed by atoms with Crippen molar-refractivity contribution in [3.8, 4) is 0 Å². The van der Waals surface area contributed by atoms with Crippen LogP contribution in [0.25, 0.3) is 10.2 Å². The van der Waals surface area contributed by atoms with Gasteiger partial charge >= 0.3 is 0 Å². The maximum atomic E-state index is 12.2. The number of rotatable bonds is 3. The van der Waals surface area contributed by atoms with E-state index in [9.17, 15) is 4.79 Å². The lowest BCUT2D eigenvalue weighted by atomic mass is 10.2. The van der Waals surface area contributed by atoms with Crippen LogP contribution in [0.1, 0.15) is 35.5 Å². The molecule has 2 aromatic heterocycles. The molecule has 4 nitrogen and oxygen atoms in total. The van der Waals surface area contributed by atoms with Crippen LogP contribution >= 0.6 is 11.3 Å². The highest BCUT2D eigenvalue weighted by Gasteiger charge is 2.22. The summed E-state index contributed by atoms with van der Waals surface area (Å²) in [5.74, 6) is 0.777. The molecule has 0 unspecified atom stereocenters. The Morgan fingerprint density at radius 2 is 2.28 bits per heavy atom. The molecule has 2 aliphatic carbocycles. The van der Waals surface area contributed by atoms with Gasteiger partial charge < -0.3 is 10.3 Å². The number of fused-ring (bicyclic) bond motifs is 3. The van der Waals surface area contributed by atoms with E-state index in [2.05, 4.69) is 15.3 Å². The number of nitrogens with one attached hydrogen (secondary N) is 2. The molecule has 2 N–H and O–H groups in total. The van der Waals surface area contributed by atoms with Gasteiger partial charge in [-0.15, -0.1) is 11.3 Å². The molecule has 0 spiro atoms. The SMILES string of the molecule is O=c1[nH]c(CNC2CC2)nc2sc3c(c12)CCC3. The van der Waals surface area contributed by atoms with E-state index in [-0.39, 0.29) is 5.56 Å². The summed E-state index contributed by atoms with van der Waals surface area (Å²) >= 11 is 1.71. The smallest absolute Gasteiger partial charge is 0.259 e. The molecule has 5 heteroatoms. The summed E-state index contributed by atoms with van der Waals surface area (Å²) in [5, 5.41) is 4.24. The van der Waals surface area contributed by atoms with E-state index in [1.807, 2.05) is 0 Å². The van der Waals surface area contributed by atoms with Crippen molar-refractivity contribution >= 4 is 21.6 Å². The van der Waals surface area contributed by atoms with Crippen molar-refractivity contribution in [3.05, 3.63) is 26.6 Å². The molecule has 1 fully saturated rings. The summed E-state index contributed by atoms with van der Waals surface area (Å²) in [4.78, 5) is 22.0. The minimum atomic E-state index is 0.0481. The number of nitrogens with zero attached hydrogens (tertiary/aromatic N) is 1. The Morgan fingerprint density at radius 1 is 1.39 bits per heavy atom. The fraction of sp³-hybridized carbons (Fsp3) is 0.538. The lowest BCUT2D eigenvalue weighted by Crippen LogP contribution is -2.20. The molecule has 0 aromatic carbocycles. The van der Waals surface area contributed by atoms with E-state index in [1.165, 1.54) is 29.7 Å². The first kappa shape index (κ1) is 10.7. The van der Waals surface area contributed by atoms with Gasteiger partial charge in [0.05, 0.1) is 11.9 Å². The Balaban J connectivity index is 1.76. The second kappa shape index (κ2) is 3.90. The van der Waals surface area contributed by atoms with Gasteiger partial charge in [-0.05, 0) is 37.7 Å². The fourth-order valence-electron chi connectivity index (χ4n) is 2.66. The van der Waals surface area contributed by atoms with Crippen LogP contribution in [0.5, 0.6) is 0 Å². The molecule has 0 saturated heterocycles. The van der Waals surface area contributed by atoms with Gasteiger partial charge in [-0.25, -0.2) is 4.98 Å². The minimum absolute atomic E-state index is 0.0481. The molecule has 2 aromatic rings. The number of aromatic amines is 1. The van der Waals surface area contributed by atoms with Crippen LogP contribution in [-0.2, 0) is 19.4 Å². The van der Waals surface area contributed by atoms with Gasteiger partial charge in [-0.2, -0.15) is 0 Å². The topological polar surface area (TPSA) is 57.8 Å². The maximum Gasteiger partial charge on any atom is 0.259 e. The number of thiophene rings is 1. The second-order valence-electron chi connectivity index (χ2n) is 5.21. The molecular formula is C13H15N3OS. The van der Waals surface area contributed by atoms with Crippen molar-refractivity contribution in [1.82, 2.24) is 15.3 Å². The molecule has 0 radical (unpaired) electrons. The predicted octanol–water partition coefficient (Wildman–Crippen LogP) is 1.73. The number of hydrogen-bond acceptors (Lipinski definition) is 4. The van der Waals surface area contributed by atoms with E-state index >= 15 is 0 Å². The Morgan fingerprint density at radius 3 is 3.11 bits per heavy atom. The molecule has 94 valence electrons. The standard InChI is InChI=1S/C13H15N3OS/c17-12-11-8-2-1-3-9(8)18-13(11)16-10(15-12)6-14-7-4-5-7/h7,14H,1-6H2,(H,15,16,17). The first-order valence-corrected chi connectivity index (χ1v) is 7.40. The van der Waals surface area contributed by atoms with E-state index < -0.39 is 0 Å². The lowest BCUT2D eigenvalue weighted by molar-refractivity contribution is 0.659. The maximum absolute atomic E-state index is 12.2. The summed E-state index contributed by atoms with van der Waals surface area (Å²) in [5.41, 5.74) is 1.30. The number of aryl methyl sites for hydroxylation is 2. The van der Waals surface area contributed by atoms with E-state index in [0.29, 0.717) is 12.6 Å². The van der Waals surface area contributed by atoms with Crippen LogP contribution in [0.4, 0.5) is 0 Å². The Kier molecular flexibility index (Phi) is 2.32. The van der Waals surface area contributed by atoms with Gasteiger partial charge in [0.1, 0.15) is 10.7 Å². The first-order chi connectivity index (χ1) is 8.81. The highest BCUT2D eigenvalue weighted by atomic mass is 32.1. The normalized spacial score (nSPS) is 18.4. The highest BCUT2D eigenvalue weighted by Crippen LogP contribution is 2.34. The van der Waals surface area contributed by atoms with Gasteiger partial charge in [0, 0.05) is 10.9 Å². The predicted molar refractivity (Wildman–Crippen MR) is 72.1 cm³/mol. The van der Waals surface area contributed by atoms with Crippen LogP contribution in [-0.4, -0.2) is 16.0 Å². The van der Waals surface area contributed by atoms with Crippen molar-refractivity contribution in [2.24, 2.45) is 0 Å². The van der Waals surface area contributed by atoms with Gasteiger partial charge in [0.15, 0.2) is 0 Å². The Labute approximate surface area is 108 Å². The van der Waals surface area contributed by atoms with E-state index in [0.717, 1.165) is 28.9 Å². The molecule has 2 heterocycles. The average Bonchev–Trinajstić information content (AvgIpc) is 2.95. The van der Waals surface area contributed by atoms with Gasteiger partial charge in [0.25, 0.3) is 5.56 Å². The third kappa shape index (κ3) is 1.69. The quantitative estimate of drug-likeness (QED) is 0.884. The molecule has 4 rings (SSSR count). The molecule has 18 heavy (non-hydrogen) atoms. The van der Waals surface area contributed by atoms with Crippen LogP contribution in [0, 0.1) is 0 Å². The van der Waals surface area contributed by atoms with Gasteiger partial charge in [0.2, 0.25) is 0 Å². The van der Waals surface area contributed by atoms with Crippen molar-refractivity contribution in [3.63, 3.8) is 0 Å². The summed E-state index contributed by atoms with van der Waals surface area (Å²) in [6.07, 6.45) is 5.84. The van der Waals surface area contributed by atoms with E-state index in [4.69, 9.17) is 0 Å². The first-order valence-electron chi connectivity index (χ1n) is 6.58. The Hall–Kier alpha value is -1.20. The third-order valence-corrected chi connectivity index (χ3v) is 4.95. The van der Waals surface area contributed by atoms with Crippen molar-refractivity contribution in [2.75, 3.05) is 0 Å². The summed E-state index contributed by atoms with van der Waals surface area (Å²) in [7, 11) is 0. The Bertz CT molecular complexity index is 669. The molecular weight excluding hydrogens is 246 g/mol. The molecule has 0 amide bonds. The number of aromatic nitrogens is 2. The molecule has 0 bridgehead atoms. The molecule has 0 atom stereocenters. The summed E-state index contributed by atoms with van der Waals surface area (Å²) in [6, 6.07) is 0.638. The number of H-pyrrole nitrogens is 1. The van der Waals surface area contributed by atoms with Gasteiger partial charge in [-0.1, -0.05) is 0 Å². The minimum Gasteiger partial charge on any atom is -0.309 e. The highest BCUT2D eigenvalue weighted by molar-refractivity contribution is 7.18. The second-order valence-corrected chi connectivity index (χ2v) is 6.29. The zero-order chi connectivity index (χ0) is 12.1. The zero-order valence-corrected chi connectivity index (χ0v) is 10.9. The fourth-order valence-corrected chi connectivity index (χ4v) is 3.94. The average molecular weight is 261 g/mol. The molecule has 0 aliphatic heterocycles. The summed E-state index contributed by atoms with van der Waals surface area (Å²) in [6.45, 7) is 0.679. The van der Waals surface area contributed by atoms with Crippen LogP contribution in [0.3, 0.4) is 0 Å². The monoisotopic (exact) mass is 261 g/mol. The van der Waals surface area contributed by atoms with Crippen LogP contribution in [0.2, 0.25) is 0 Å². The van der Waals surface area contributed by atoms with Crippen molar-refractivity contribution in [2.45, 2.75) is 44.7 Å². The van der Waals surface area contributed by atoms with Crippen LogP contribution < -0.4 is 10.9 Å².